The molecule has 0 aliphatic heterocycles. The Morgan fingerprint density at radius 3 is 2.81 bits per heavy atom. The van der Waals surface area contributed by atoms with Gasteiger partial charge in [0.25, 0.3) is 0 Å². The molecule has 6 heteroatoms. The summed E-state index contributed by atoms with van der Waals surface area (Å²) in [6.07, 6.45) is 1.71. The van der Waals surface area contributed by atoms with E-state index in [-0.39, 0.29) is 6.61 Å². The molecular weight excluding hydrogens is 270 g/mol. The van der Waals surface area contributed by atoms with Gasteiger partial charge in [0, 0.05) is 12.5 Å². The Balaban J connectivity index is 2.06. The molecule has 1 heterocycles. The molecule has 0 spiro atoms. The Morgan fingerprint density at radius 2 is 2.10 bits per heavy atom. The third-order valence-corrected chi connectivity index (χ3v) is 2.70. The molecule has 1 aromatic carbocycles. The van der Waals surface area contributed by atoms with E-state index in [2.05, 4.69) is 16.2 Å². The van der Waals surface area contributed by atoms with Crippen LogP contribution in [0.2, 0.25) is 0 Å². The summed E-state index contributed by atoms with van der Waals surface area (Å²) in [4.78, 5) is 4.23. The fourth-order valence-corrected chi connectivity index (χ4v) is 1.77. The van der Waals surface area contributed by atoms with Gasteiger partial charge in [-0.15, -0.1) is 0 Å². The van der Waals surface area contributed by atoms with E-state index in [1.807, 2.05) is 13.8 Å². The summed E-state index contributed by atoms with van der Waals surface area (Å²) in [5.74, 6) is 2.19. The van der Waals surface area contributed by atoms with Crippen LogP contribution in [0.15, 0.2) is 22.7 Å². The van der Waals surface area contributed by atoms with Crippen LogP contribution in [-0.4, -0.2) is 16.7 Å². The lowest BCUT2D eigenvalue weighted by atomic mass is 10.2. The molecule has 1 aromatic heterocycles. The minimum Gasteiger partial charge on any atom is -0.490 e. The Bertz CT molecular complexity index is 631. The van der Waals surface area contributed by atoms with Crippen molar-refractivity contribution in [1.82, 2.24) is 10.1 Å². The molecule has 21 heavy (non-hydrogen) atoms. The number of hydrogen-bond donors (Lipinski definition) is 0. The minimum atomic E-state index is 0.194. The van der Waals surface area contributed by atoms with E-state index >= 15 is 0 Å². The summed E-state index contributed by atoms with van der Waals surface area (Å²) in [7, 11) is 0. The first kappa shape index (κ1) is 14.9. The highest BCUT2D eigenvalue weighted by Crippen LogP contribution is 2.28. The van der Waals surface area contributed by atoms with Gasteiger partial charge in [0.2, 0.25) is 11.7 Å². The zero-order valence-corrected chi connectivity index (χ0v) is 12.1. The van der Waals surface area contributed by atoms with E-state index in [9.17, 15) is 0 Å². The summed E-state index contributed by atoms with van der Waals surface area (Å²) in [5, 5.41) is 12.8. The molecule has 0 aliphatic carbocycles. The van der Waals surface area contributed by atoms with Gasteiger partial charge in [-0.25, -0.2) is 0 Å². The first-order valence-corrected chi connectivity index (χ1v) is 6.88. The largest absolute Gasteiger partial charge is 0.490 e. The molecule has 0 amide bonds. The van der Waals surface area contributed by atoms with Crippen molar-refractivity contribution in [1.29, 1.82) is 5.26 Å². The van der Waals surface area contributed by atoms with E-state index in [0.717, 1.165) is 12.8 Å². The van der Waals surface area contributed by atoms with Crippen molar-refractivity contribution in [3.63, 3.8) is 0 Å². The molecule has 2 aromatic rings. The molecule has 6 nitrogen and oxygen atoms in total. The highest BCUT2D eigenvalue weighted by molar-refractivity contribution is 5.46. The van der Waals surface area contributed by atoms with E-state index in [1.165, 1.54) is 0 Å². The summed E-state index contributed by atoms with van der Waals surface area (Å²) >= 11 is 0. The van der Waals surface area contributed by atoms with Crippen LogP contribution < -0.4 is 9.47 Å². The average Bonchev–Trinajstić information content (AvgIpc) is 2.94. The molecule has 0 radical (unpaired) electrons. The van der Waals surface area contributed by atoms with Gasteiger partial charge in [-0.1, -0.05) is 12.1 Å². The predicted molar refractivity (Wildman–Crippen MR) is 75.0 cm³/mol. The Hall–Kier alpha value is -2.55. The molecule has 0 N–H and O–H groups in total. The lowest BCUT2D eigenvalue weighted by Crippen LogP contribution is -2.01. The van der Waals surface area contributed by atoms with Crippen LogP contribution in [0.25, 0.3) is 0 Å². The standard InChI is InChI=1S/C15H17N3O3/c1-3-5-15-17-14(18-21-15)10-20-12-7-6-11(9-16)8-13(12)19-4-2/h6-8H,3-5,10H2,1-2H3. The first-order chi connectivity index (χ1) is 10.3. The Kier molecular flexibility index (Phi) is 5.16. The molecule has 0 unspecified atom stereocenters. The highest BCUT2D eigenvalue weighted by Gasteiger charge is 2.10. The molecular formula is C15H17N3O3. The van der Waals surface area contributed by atoms with Crippen LogP contribution in [0.4, 0.5) is 0 Å². The number of nitriles is 1. The summed E-state index contributed by atoms with van der Waals surface area (Å²) in [6, 6.07) is 7.10. The van der Waals surface area contributed by atoms with Crippen LogP contribution in [0.5, 0.6) is 11.5 Å². The zero-order valence-electron chi connectivity index (χ0n) is 12.1. The van der Waals surface area contributed by atoms with Crippen molar-refractivity contribution in [2.24, 2.45) is 0 Å². The summed E-state index contributed by atoms with van der Waals surface area (Å²) in [6.45, 7) is 4.61. The normalized spacial score (nSPS) is 10.1. The molecule has 0 saturated carbocycles. The Labute approximate surface area is 123 Å². The van der Waals surface area contributed by atoms with Gasteiger partial charge >= 0.3 is 0 Å². The van der Waals surface area contributed by atoms with E-state index in [1.54, 1.807) is 18.2 Å². The van der Waals surface area contributed by atoms with Crippen LogP contribution in [0, 0.1) is 11.3 Å². The number of benzene rings is 1. The molecule has 0 aliphatic rings. The van der Waals surface area contributed by atoms with Crippen molar-refractivity contribution < 1.29 is 14.0 Å². The first-order valence-electron chi connectivity index (χ1n) is 6.88. The van der Waals surface area contributed by atoms with E-state index in [4.69, 9.17) is 19.3 Å². The van der Waals surface area contributed by atoms with Gasteiger partial charge in [-0.3, -0.25) is 0 Å². The molecule has 2 rings (SSSR count). The Morgan fingerprint density at radius 1 is 1.24 bits per heavy atom. The average molecular weight is 287 g/mol. The van der Waals surface area contributed by atoms with Crippen LogP contribution in [0.3, 0.4) is 0 Å². The third kappa shape index (κ3) is 3.96. The second kappa shape index (κ2) is 7.29. The van der Waals surface area contributed by atoms with Gasteiger partial charge in [0.05, 0.1) is 18.2 Å². The van der Waals surface area contributed by atoms with Crippen molar-refractivity contribution in [3.05, 3.63) is 35.5 Å². The number of aryl methyl sites for hydroxylation is 1. The summed E-state index contributed by atoms with van der Waals surface area (Å²) < 4.78 is 16.2. The third-order valence-electron chi connectivity index (χ3n) is 2.70. The predicted octanol–water partition coefficient (Wildman–Crippen LogP) is 2.87. The molecule has 0 atom stereocenters. The molecule has 0 saturated heterocycles. The summed E-state index contributed by atoms with van der Waals surface area (Å²) in [5.41, 5.74) is 0.524. The fourth-order valence-electron chi connectivity index (χ4n) is 1.77. The zero-order chi connectivity index (χ0) is 15.1. The minimum absolute atomic E-state index is 0.194. The maximum Gasteiger partial charge on any atom is 0.226 e. The maximum atomic E-state index is 8.90. The number of aromatic nitrogens is 2. The van der Waals surface area contributed by atoms with Crippen LogP contribution in [-0.2, 0) is 13.0 Å². The van der Waals surface area contributed by atoms with Crippen molar-refractivity contribution in [3.8, 4) is 17.6 Å². The maximum absolute atomic E-state index is 8.90. The fraction of sp³-hybridized carbons (Fsp3) is 0.400. The number of nitrogens with zero attached hydrogens (tertiary/aromatic N) is 3. The topological polar surface area (TPSA) is 81.2 Å². The van der Waals surface area contributed by atoms with Gasteiger partial charge in [0.15, 0.2) is 18.1 Å². The second-order valence-electron chi connectivity index (χ2n) is 4.35. The van der Waals surface area contributed by atoms with Crippen molar-refractivity contribution in [2.45, 2.75) is 33.3 Å². The van der Waals surface area contributed by atoms with Crippen molar-refractivity contribution >= 4 is 0 Å². The lowest BCUT2D eigenvalue weighted by Gasteiger charge is -2.10. The van der Waals surface area contributed by atoms with Crippen molar-refractivity contribution in [2.75, 3.05) is 6.61 Å². The van der Waals surface area contributed by atoms with Gasteiger partial charge in [0.1, 0.15) is 0 Å². The van der Waals surface area contributed by atoms with E-state index < -0.39 is 0 Å². The van der Waals surface area contributed by atoms with Gasteiger partial charge in [-0.05, 0) is 25.5 Å². The van der Waals surface area contributed by atoms with E-state index in [0.29, 0.717) is 35.4 Å². The number of rotatable bonds is 7. The number of hydrogen-bond acceptors (Lipinski definition) is 6. The van der Waals surface area contributed by atoms with Gasteiger partial charge < -0.3 is 14.0 Å². The van der Waals surface area contributed by atoms with Crippen LogP contribution >= 0.6 is 0 Å². The quantitative estimate of drug-likeness (QED) is 0.778. The molecule has 0 bridgehead atoms. The number of ether oxygens (including phenoxy) is 2. The highest BCUT2D eigenvalue weighted by atomic mass is 16.5. The SMILES string of the molecule is CCCc1nc(COc2ccc(C#N)cc2OCC)no1. The smallest absolute Gasteiger partial charge is 0.226 e. The molecule has 110 valence electrons. The van der Waals surface area contributed by atoms with Crippen LogP contribution in [0.1, 0.15) is 37.5 Å². The monoisotopic (exact) mass is 287 g/mol. The van der Waals surface area contributed by atoms with Gasteiger partial charge in [-0.2, -0.15) is 10.2 Å². The lowest BCUT2D eigenvalue weighted by molar-refractivity contribution is 0.258. The second-order valence-corrected chi connectivity index (χ2v) is 4.35. The molecule has 0 fully saturated rings.